The Kier molecular flexibility index (Phi) is 4.74. The maximum Gasteiger partial charge on any atom is 0.317 e. The largest absolute Gasteiger partial charge is 0.342 e. The molecule has 3 aromatic rings. The van der Waals surface area contributed by atoms with Crippen molar-refractivity contribution in [1.82, 2.24) is 30.3 Å². The van der Waals surface area contributed by atoms with Crippen molar-refractivity contribution >= 4 is 17.1 Å². The second-order valence-electron chi connectivity index (χ2n) is 6.82. The molecule has 8 nitrogen and oxygen atoms in total. The zero-order chi connectivity index (χ0) is 18.8. The molecule has 0 radical (unpaired) electrons. The second kappa shape index (κ2) is 7.34. The Bertz CT molecular complexity index is 948. The number of nitrogens with zero attached hydrogens (tertiary/aromatic N) is 4. The third-order valence-corrected chi connectivity index (χ3v) is 4.57. The Labute approximate surface area is 155 Å². The van der Waals surface area contributed by atoms with Gasteiger partial charge >= 0.3 is 6.03 Å². The first-order valence-corrected chi connectivity index (χ1v) is 9.04. The van der Waals surface area contributed by atoms with Crippen molar-refractivity contribution in [2.45, 2.75) is 31.6 Å². The van der Waals surface area contributed by atoms with E-state index in [1.165, 1.54) is 12.1 Å². The molecular weight excluding hydrogens is 351 g/mol. The Hall–Kier alpha value is -2.97. The van der Waals surface area contributed by atoms with Gasteiger partial charge in [-0.3, -0.25) is 0 Å². The average molecular weight is 372 g/mol. The first-order valence-electron chi connectivity index (χ1n) is 9.04. The van der Waals surface area contributed by atoms with Gasteiger partial charge in [0.15, 0.2) is 5.82 Å². The number of carbonyl (C=O) groups is 1. The van der Waals surface area contributed by atoms with Crippen LogP contribution in [0.2, 0.25) is 0 Å². The molecule has 0 aliphatic heterocycles. The number of imidazole rings is 1. The summed E-state index contributed by atoms with van der Waals surface area (Å²) in [6.45, 7) is 0.917. The number of likely N-dealkylation sites (N-methyl/N-ethyl adjacent to an activating group) is 1. The maximum absolute atomic E-state index is 13.2. The molecule has 1 fully saturated rings. The van der Waals surface area contributed by atoms with Crippen molar-refractivity contribution in [2.75, 3.05) is 20.1 Å². The number of aromatic amines is 1. The van der Waals surface area contributed by atoms with E-state index in [0.29, 0.717) is 54.6 Å². The number of amides is 2. The number of rotatable bonds is 7. The molecule has 2 heterocycles. The number of carbonyl (C=O) groups excluding carboxylic acids is 1. The molecule has 1 aromatic carbocycles. The van der Waals surface area contributed by atoms with Crippen molar-refractivity contribution in [3.05, 3.63) is 41.6 Å². The van der Waals surface area contributed by atoms with Crippen molar-refractivity contribution < 1.29 is 13.7 Å². The Morgan fingerprint density at radius 1 is 1.37 bits per heavy atom. The minimum atomic E-state index is -0.306. The minimum Gasteiger partial charge on any atom is -0.342 e. The number of H-pyrrole nitrogens is 1. The molecule has 0 atom stereocenters. The summed E-state index contributed by atoms with van der Waals surface area (Å²) < 4.78 is 18.4. The number of hydrogen-bond donors (Lipinski definition) is 2. The fourth-order valence-corrected chi connectivity index (χ4v) is 2.82. The van der Waals surface area contributed by atoms with Gasteiger partial charge < -0.3 is 19.7 Å². The summed E-state index contributed by atoms with van der Waals surface area (Å²) in [4.78, 5) is 25.6. The second-order valence-corrected chi connectivity index (χ2v) is 6.82. The van der Waals surface area contributed by atoms with E-state index < -0.39 is 0 Å². The summed E-state index contributed by atoms with van der Waals surface area (Å²) in [5.74, 6) is 2.19. The lowest BCUT2D eigenvalue weighted by molar-refractivity contribution is 0.209. The molecule has 9 heteroatoms. The minimum absolute atomic E-state index is 0.181. The van der Waals surface area contributed by atoms with E-state index in [0.717, 1.165) is 18.7 Å². The van der Waals surface area contributed by atoms with Gasteiger partial charge in [-0.15, -0.1) is 0 Å². The van der Waals surface area contributed by atoms with E-state index in [4.69, 9.17) is 4.52 Å². The first-order chi connectivity index (χ1) is 13.1. The zero-order valence-corrected chi connectivity index (χ0v) is 15.0. The molecule has 142 valence electrons. The molecule has 1 saturated carbocycles. The predicted molar refractivity (Wildman–Crippen MR) is 95.8 cm³/mol. The molecule has 1 aliphatic rings. The Morgan fingerprint density at radius 2 is 2.22 bits per heavy atom. The summed E-state index contributed by atoms with van der Waals surface area (Å²) >= 11 is 0. The quantitative estimate of drug-likeness (QED) is 0.663. The smallest absolute Gasteiger partial charge is 0.317 e. The zero-order valence-electron chi connectivity index (χ0n) is 15.0. The van der Waals surface area contributed by atoms with Gasteiger partial charge in [-0.2, -0.15) is 4.98 Å². The molecule has 2 N–H and O–H groups in total. The highest BCUT2D eigenvalue weighted by Gasteiger charge is 2.28. The van der Waals surface area contributed by atoms with Gasteiger partial charge in [0.2, 0.25) is 5.89 Å². The van der Waals surface area contributed by atoms with E-state index in [2.05, 4.69) is 25.4 Å². The van der Waals surface area contributed by atoms with Crippen LogP contribution in [-0.2, 0) is 12.8 Å². The van der Waals surface area contributed by atoms with E-state index in [9.17, 15) is 9.18 Å². The molecule has 0 unspecified atom stereocenters. The highest BCUT2D eigenvalue weighted by molar-refractivity contribution is 5.75. The van der Waals surface area contributed by atoms with Crippen molar-refractivity contribution in [1.29, 1.82) is 0 Å². The van der Waals surface area contributed by atoms with Crippen molar-refractivity contribution in [2.24, 2.45) is 0 Å². The van der Waals surface area contributed by atoms with Gasteiger partial charge in [-0.05, 0) is 31.0 Å². The van der Waals surface area contributed by atoms with E-state index >= 15 is 0 Å². The van der Waals surface area contributed by atoms with Crippen LogP contribution < -0.4 is 5.32 Å². The number of nitrogens with one attached hydrogen (secondary N) is 2. The average Bonchev–Trinajstić information content (AvgIpc) is 3.26. The van der Waals surface area contributed by atoms with E-state index in [-0.39, 0.29) is 11.8 Å². The van der Waals surface area contributed by atoms with Crippen molar-refractivity contribution in [3.8, 4) is 0 Å². The lowest BCUT2D eigenvalue weighted by Crippen LogP contribution is -2.39. The van der Waals surface area contributed by atoms with E-state index in [1.807, 2.05) is 0 Å². The maximum atomic E-state index is 13.2. The van der Waals surface area contributed by atoms with Crippen LogP contribution in [0, 0.1) is 5.82 Å². The number of halogens is 1. The van der Waals surface area contributed by atoms with Crippen molar-refractivity contribution in [3.63, 3.8) is 0 Å². The van der Waals surface area contributed by atoms with E-state index in [1.54, 1.807) is 18.0 Å². The molecule has 0 spiro atoms. The molecule has 2 amide bonds. The highest BCUT2D eigenvalue weighted by atomic mass is 19.1. The number of fused-ring (bicyclic) bond motifs is 1. The topological polar surface area (TPSA) is 99.9 Å². The Balaban J connectivity index is 1.22. The SMILES string of the molecule is CN(CCc1nc2ccc(F)cc2[nH]1)C(=O)NCCc1nc(C2CC2)no1. The van der Waals surface area contributed by atoms with Crippen LogP contribution >= 0.6 is 0 Å². The summed E-state index contributed by atoms with van der Waals surface area (Å²) in [7, 11) is 1.72. The lowest BCUT2D eigenvalue weighted by Gasteiger charge is -2.16. The molecule has 27 heavy (non-hydrogen) atoms. The number of benzene rings is 1. The fraction of sp³-hybridized carbons (Fsp3) is 0.444. The van der Waals surface area contributed by atoms with Crippen LogP contribution in [0.3, 0.4) is 0 Å². The van der Waals surface area contributed by atoms with Gasteiger partial charge in [-0.25, -0.2) is 14.2 Å². The third kappa shape index (κ3) is 4.24. The Morgan fingerprint density at radius 3 is 3.04 bits per heavy atom. The predicted octanol–water partition coefficient (Wildman–Crippen LogP) is 2.39. The van der Waals surface area contributed by atoms with Gasteiger partial charge in [0.25, 0.3) is 0 Å². The van der Waals surface area contributed by atoms with Crippen LogP contribution in [0.15, 0.2) is 22.7 Å². The van der Waals surface area contributed by atoms with Crippen LogP contribution in [0.1, 0.15) is 36.3 Å². The molecule has 0 bridgehead atoms. The standard InChI is InChI=1S/C18H21FN6O2/c1-25(9-7-15-21-13-5-4-12(19)10-14(13)22-15)18(26)20-8-6-16-23-17(24-27-16)11-2-3-11/h4-5,10-11H,2-3,6-9H2,1H3,(H,20,26)(H,21,22). The normalized spacial score (nSPS) is 13.9. The van der Waals surface area contributed by atoms with Gasteiger partial charge in [0.05, 0.1) is 11.0 Å². The molecule has 0 saturated heterocycles. The van der Waals surface area contributed by atoms with Gasteiger partial charge in [0.1, 0.15) is 11.6 Å². The summed E-state index contributed by atoms with van der Waals surface area (Å²) in [5.41, 5.74) is 1.37. The van der Waals surface area contributed by atoms with Gasteiger partial charge in [0, 0.05) is 38.9 Å². The molecule has 2 aromatic heterocycles. The first kappa shape index (κ1) is 17.4. The number of hydrogen-bond acceptors (Lipinski definition) is 5. The molecule has 1 aliphatic carbocycles. The summed E-state index contributed by atoms with van der Waals surface area (Å²) in [5, 5.41) is 6.79. The van der Waals surface area contributed by atoms with Crippen LogP contribution in [0.5, 0.6) is 0 Å². The fourth-order valence-electron chi connectivity index (χ4n) is 2.82. The summed E-state index contributed by atoms with van der Waals surface area (Å²) in [6.07, 6.45) is 3.31. The third-order valence-electron chi connectivity index (χ3n) is 4.57. The number of aromatic nitrogens is 4. The molecule has 4 rings (SSSR count). The van der Waals surface area contributed by atoms with Gasteiger partial charge in [-0.1, -0.05) is 5.16 Å². The monoisotopic (exact) mass is 372 g/mol. The van der Waals surface area contributed by atoms with Crippen LogP contribution in [-0.4, -0.2) is 51.2 Å². The summed E-state index contributed by atoms with van der Waals surface area (Å²) in [6, 6.07) is 4.24. The van der Waals surface area contributed by atoms with Crippen LogP contribution in [0.4, 0.5) is 9.18 Å². The molecular formula is C18H21FN6O2. The lowest BCUT2D eigenvalue weighted by atomic mass is 10.3. The van der Waals surface area contributed by atoms with Crippen LogP contribution in [0.25, 0.3) is 11.0 Å². The number of urea groups is 1. The highest BCUT2D eigenvalue weighted by Crippen LogP contribution is 2.38.